The number of amides is 1. The number of aromatic nitrogens is 1. The van der Waals surface area contributed by atoms with Gasteiger partial charge < -0.3 is 15.0 Å². The molecule has 0 radical (unpaired) electrons. The molecule has 2 heterocycles. The highest BCUT2D eigenvalue weighted by atomic mass is 32.2. The number of thioether (sulfide) groups is 1. The van der Waals surface area contributed by atoms with Gasteiger partial charge in [-0.05, 0) is 43.4 Å². The first kappa shape index (κ1) is 18.9. The minimum atomic E-state index is -0.185. The number of ketones is 1. The zero-order chi connectivity index (χ0) is 18.4. The maximum Gasteiger partial charge on any atom is 0.247 e. The Morgan fingerprint density at radius 1 is 1.31 bits per heavy atom. The van der Waals surface area contributed by atoms with Crippen molar-refractivity contribution < 1.29 is 9.59 Å². The number of Topliss-reactive ketones (excluding diaryl/α,β-unsaturated/α-hetero) is 1. The van der Waals surface area contributed by atoms with E-state index in [1.54, 1.807) is 30.0 Å². The number of fused-ring (bicyclic) bond motifs is 1. The molecule has 138 valence electrons. The summed E-state index contributed by atoms with van der Waals surface area (Å²) in [6.07, 6.45) is 6.23. The molecule has 7 heteroatoms. The number of hydrogen-bond donors (Lipinski definition) is 1. The first-order chi connectivity index (χ1) is 12.6. The molecule has 0 fully saturated rings. The summed E-state index contributed by atoms with van der Waals surface area (Å²) in [5.41, 5.74) is 3.57. The summed E-state index contributed by atoms with van der Waals surface area (Å²) in [6, 6.07) is 5.63. The number of nitrogens with one attached hydrogen (secondary N) is 1. The molecule has 1 aliphatic heterocycles. The van der Waals surface area contributed by atoms with Crippen molar-refractivity contribution in [1.82, 2.24) is 9.88 Å². The van der Waals surface area contributed by atoms with E-state index in [1.165, 1.54) is 0 Å². The van der Waals surface area contributed by atoms with E-state index < -0.39 is 0 Å². The van der Waals surface area contributed by atoms with Gasteiger partial charge in [0.05, 0.1) is 21.6 Å². The second kappa shape index (κ2) is 9.19. The SMILES string of the molecule is CC(=O)CCCCC[C@@H](C(=O)Nc1ccc2ncsc2c1)N1C=CSC1. The van der Waals surface area contributed by atoms with Crippen LogP contribution in [0.15, 0.2) is 35.3 Å². The van der Waals surface area contributed by atoms with Crippen LogP contribution in [0.5, 0.6) is 0 Å². The molecule has 26 heavy (non-hydrogen) atoms. The highest BCUT2D eigenvalue weighted by Crippen LogP contribution is 2.25. The van der Waals surface area contributed by atoms with Gasteiger partial charge in [-0.15, -0.1) is 23.1 Å². The molecule has 3 rings (SSSR count). The van der Waals surface area contributed by atoms with E-state index in [0.717, 1.165) is 47.5 Å². The van der Waals surface area contributed by atoms with Crippen LogP contribution in [0.25, 0.3) is 10.2 Å². The molecule has 1 aromatic carbocycles. The van der Waals surface area contributed by atoms with Crippen molar-refractivity contribution in [2.24, 2.45) is 0 Å². The minimum Gasteiger partial charge on any atom is -0.356 e. The molecule has 1 aromatic heterocycles. The van der Waals surface area contributed by atoms with Gasteiger partial charge in [0, 0.05) is 18.3 Å². The van der Waals surface area contributed by atoms with E-state index in [0.29, 0.717) is 6.42 Å². The largest absolute Gasteiger partial charge is 0.356 e. The van der Waals surface area contributed by atoms with Crippen molar-refractivity contribution >= 4 is 50.7 Å². The number of rotatable bonds is 9. The van der Waals surface area contributed by atoms with Gasteiger partial charge in [-0.1, -0.05) is 12.8 Å². The van der Waals surface area contributed by atoms with Crippen LogP contribution in [-0.2, 0) is 9.59 Å². The number of carbonyl (C=O) groups excluding carboxylic acids is 2. The summed E-state index contributed by atoms with van der Waals surface area (Å²) >= 11 is 3.27. The quantitative estimate of drug-likeness (QED) is 0.634. The second-order valence-corrected chi connectivity index (χ2v) is 8.19. The number of carbonyl (C=O) groups is 2. The van der Waals surface area contributed by atoms with E-state index in [2.05, 4.69) is 15.2 Å². The number of thiazole rings is 1. The van der Waals surface area contributed by atoms with Crippen LogP contribution in [0.2, 0.25) is 0 Å². The molecule has 0 aliphatic carbocycles. The average Bonchev–Trinajstić information content (AvgIpc) is 3.28. The fourth-order valence-corrected chi connectivity index (χ4v) is 4.46. The Morgan fingerprint density at radius 2 is 2.19 bits per heavy atom. The summed E-state index contributed by atoms with van der Waals surface area (Å²) in [7, 11) is 0. The number of anilines is 1. The lowest BCUT2D eigenvalue weighted by atomic mass is 10.0. The monoisotopic (exact) mass is 389 g/mol. The van der Waals surface area contributed by atoms with Gasteiger partial charge >= 0.3 is 0 Å². The minimum absolute atomic E-state index is 0.0209. The third-order valence-corrected chi connectivity index (χ3v) is 5.93. The summed E-state index contributed by atoms with van der Waals surface area (Å²) in [6.45, 7) is 1.63. The zero-order valence-electron chi connectivity index (χ0n) is 14.8. The van der Waals surface area contributed by atoms with Crippen LogP contribution in [0.1, 0.15) is 39.0 Å². The zero-order valence-corrected chi connectivity index (χ0v) is 16.4. The molecule has 0 unspecified atom stereocenters. The van der Waals surface area contributed by atoms with Gasteiger partial charge in [-0.3, -0.25) is 4.79 Å². The van der Waals surface area contributed by atoms with Crippen molar-refractivity contribution in [2.45, 2.75) is 45.1 Å². The molecule has 0 bridgehead atoms. The van der Waals surface area contributed by atoms with E-state index >= 15 is 0 Å². The summed E-state index contributed by atoms with van der Waals surface area (Å²) in [5, 5.41) is 5.09. The van der Waals surface area contributed by atoms with Gasteiger partial charge in [0.25, 0.3) is 0 Å². The Morgan fingerprint density at radius 3 is 2.96 bits per heavy atom. The highest BCUT2D eigenvalue weighted by molar-refractivity contribution is 8.02. The number of hydrogen-bond acceptors (Lipinski definition) is 6. The first-order valence-corrected chi connectivity index (χ1v) is 10.7. The lowest BCUT2D eigenvalue weighted by Crippen LogP contribution is -2.40. The number of unbranched alkanes of at least 4 members (excludes halogenated alkanes) is 2. The van der Waals surface area contributed by atoms with Crippen molar-refractivity contribution in [3.8, 4) is 0 Å². The van der Waals surface area contributed by atoms with E-state index in [4.69, 9.17) is 0 Å². The summed E-state index contributed by atoms with van der Waals surface area (Å²) in [5.74, 6) is 1.06. The lowest BCUT2D eigenvalue weighted by molar-refractivity contribution is -0.120. The average molecular weight is 390 g/mol. The Labute approximate surface area is 161 Å². The smallest absolute Gasteiger partial charge is 0.247 e. The Kier molecular flexibility index (Phi) is 6.68. The topological polar surface area (TPSA) is 62.3 Å². The van der Waals surface area contributed by atoms with Crippen LogP contribution < -0.4 is 5.32 Å². The van der Waals surface area contributed by atoms with Crippen molar-refractivity contribution in [1.29, 1.82) is 0 Å². The van der Waals surface area contributed by atoms with Crippen LogP contribution in [-0.4, -0.2) is 33.5 Å². The predicted molar refractivity (Wildman–Crippen MR) is 109 cm³/mol. The van der Waals surface area contributed by atoms with E-state index in [9.17, 15) is 9.59 Å². The van der Waals surface area contributed by atoms with Crippen LogP contribution in [0.4, 0.5) is 5.69 Å². The molecule has 1 N–H and O–H groups in total. The van der Waals surface area contributed by atoms with Gasteiger partial charge in [-0.2, -0.15) is 0 Å². The van der Waals surface area contributed by atoms with Crippen molar-refractivity contribution in [3.63, 3.8) is 0 Å². The highest BCUT2D eigenvalue weighted by Gasteiger charge is 2.25. The second-order valence-electron chi connectivity index (χ2n) is 6.44. The maximum absolute atomic E-state index is 12.9. The maximum atomic E-state index is 12.9. The Bertz CT molecular complexity index is 803. The first-order valence-electron chi connectivity index (χ1n) is 8.81. The summed E-state index contributed by atoms with van der Waals surface area (Å²) < 4.78 is 1.07. The van der Waals surface area contributed by atoms with Crippen LogP contribution in [0.3, 0.4) is 0 Å². The fraction of sp³-hybridized carbons (Fsp3) is 0.421. The molecule has 1 amide bonds. The molecule has 5 nitrogen and oxygen atoms in total. The molecule has 0 saturated heterocycles. The van der Waals surface area contributed by atoms with Gasteiger partial charge in [-0.25, -0.2) is 4.98 Å². The summed E-state index contributed by atoms with van der Waals surface area (Å²) in [4.78, 5) is 30.3. The normalized spacial score (nSPS) is 14.7. The van der Waals surface area contributed by atoms with Crippen LogP contribution in [0, 0.1) is 0 Å². The molecule has 2 aromatic rings. The van der Waals surface area contributed by atoms with Crippen molar-refractivity contribution in [2.75, 3.05) is 11.2 Å². The number of nitrogens with zero attached hydrogens (tertiary/aromatic N) is 2. The molecule has 1 atom stereocenters. The van der Waals surface area contributed by atoms with E-state index in [1.807, 2.05) is 35.3 Å². The van der Waals surface area contributed by atoms with Gasteiger partial charge in [0.1, 0.15) is 11.8 Å². The fourth-order valence-electron chi connectivity index (χ4n) is 2.98. The molecular weight excluding hydrogens is 366 g/mol. The lowest BCUT2D eigenvalue weighted by Gasteiger charge is -2.26. The molecular formula is C19H23N3O2S2. The van der Waals surface area contributed by atoms with Gasteiger partial charge in [0.15, 0.2) is 0 Å². The van der Waals surface area contributed by atoms with Gasteiger partial charge in [0.2, 0.25) is 5.91 Å². The van der Waals surface area contributed by atoms with Crippen LogP contribution >= 0.6 is 23.1 Å². The van der Waals surface area contributed by atoms with E-state index in [-0.39, 0.29) is 17.7 Å². The molecule has 1 aliphatic rings. The predicted octanol–water partition coefficient (Wildman–Crippen LogP) is 4.62. The molecule has 0 spiro atoms. The standard InChI is InChI=1S/C19H23N3O2S2/c1-14(23)5-3-2-4-6-17(22-9-10-25-13-22)19(24)21-15-7-8-16-18(11-15)26-12-20-16/h7-12,17H,2-6,13H2,1H3,(H,21,24)/t17-/m0/s1. The molecule has 0 saturated carbocycles. The third-order valence-electron chi connectivity index (χ3n) is 4.38. The Balaban J connectivity index is 1.60. The number of benzene rings is 1. The van der Waals surface area contributed by atoms with Crippen molar-refractivity contribution in [3.05, 3.63) is 35.3 Å². The Hall–Kier alpha value is -1.86. The third kappa shape index (κ3) is 5.08.